The fraction of sp³-hybridized carbons (Fsp3) is 0.857. The van der Waals surface area contributed by atoms with E-state index in [0.29, 0.717) is 73.6 Å². The van der Waals surface area contributed by atoms with Crippen molar-refractivity contribution in [3.8, 4) is 0 Å². The maximum atomic E-state index is 12.9. The molecule has 0 aliphatic heterocycles. The van der Waals surface area contributed by atoms with Crippen LogP contribution in [0.4, 0.5) is 0 Å². The summed E-state index contributed by atoms with van der Waals surface area (Å²) in [6, 6.07) is 0. The van der Waals surface area contributed by atoms with Crippen LogP contribution in [0.5, 0.6) is 0 Å². The van der Waals surface area contributed by atoms with Gasteiger partial charge in [0, 0.05) is 26.2 Å². The number of aliphatic hydroxyl groups excluding tert-OH is 2. The summed E-state index contributed by atoms with van der Waals surface area (Å²) in [5.41, 5.74) is 0. The van der Waals surface area contributed by atoms with Gasteiger partial charge in [0.2, 0.25) is 0 Å². The molecule has 0 rings (SSSR count). The molecule has 88 heavy (non-hydrogen) atoms. The maximum Gasteiger partial charge on any atom is 0.362 e. The number of esters is 6. The van der Waals surface area contributed by atoms with E-state index in [1.807, 2.05) is 40.3 Å². The van der Waals surface area contributed by atoms with Crippen LogP contribution in [0.2, 0.25) is 0 Å². The maximum absolute atomic E-state index is 12.9. The molecule has 4 unspecified atom stereocenters. The van der Waals surface area contributed by atoms with Gasteiger partial charge in [0.05, 0.1) is 40.4 Å². The molecule has 0 saturated heterocycles. The van der Waals surface area contributed by atoms with Crippen LogP contribution >= 0.6 is 0 Å². The van der Waals surface area contributed by atoms with Gasteiger partial charge in [-0.25, -0.2) is 9.59 Å². The average molecular weight is 1300 g/mol. The predicted octanol–water partition coefficient (Wildman–Crippen LogP) is 9.40. The Morgan fingerprint density at radius 2 is 0.659 bits per heavy atom. The van der Waals surface area contributed by atoms with E-state index in [-0.39, 0.29) is 108 Å². The van der Waals surface area contributed by atoms with Crippen molar-refractivity contribution in [2.24, 2.45) is 0 Å². The van der Waals surface area contributed by atoms with Gasteiger partial charge in [-0.1, -0.05) is 202 Å². The number of carbonyl (C=O) groups is 6. The number of unbranched alkanes of at least 4 members (excludes halogenated alkanes) is 23. The van der Waals surface area contributed by atoms with Crippen LogP contribution in [0.25, 0.3) is 0 Å². The first-order chi connectivity index (χ1) is 40.3. The fourth-order valence-electron chi connectivity index (χ4n) is 9.35. The Hall–Kier alpha value is -3.28. The molecule has 0 fully saturated rings. The number of quaternary nitrogens is 2. The van der Waals surface area contributed by atoms with E-state index in [9.17, 15) is 39.0 Å². The Kier molecular flexibility index (Phi) is 72.6. The average Bonchev–Trinajstić information content (AvgIpc) is 3.64. The van der Waals surface area contributed by atoms with E-state index >= 15 is 0 Å². The molecule has 524 valence electrons. The number of allylic oxidation sites excluding steroid dienone is 2. The van der Waals surface area contributed by atoms with Crippen molar-refractivity contribution in [1.29, 1.82) is 0 Å². The lowest BCUT2D eigenvalue weighted by Crippen LogP contribution is -3.00. The van der Waals surface area contributed by atoms with E-state index in [2.05, 4.69) is 46.8 Å². The van der Waals surface area contributed by atoms with Crippen molar-refractivity contribution >= 4 is 35.8 Å². The van der Waals surface area contributed by atoms with E-state index < -0.39 is 24.4 Å². The zero-order valence-electron chi connectivity index (χ0n) is 56.2. The molecule has 0 aromatic heterocycles. The van der Waals surface area contributed by atoms with Crippen LogP contribution in [-0.2, 0) is 57.2 Å². The molecule has 18 heteroatoms. The fourth-order valence-corrected chi connectivity index (χ4v) is 9.35. The Morgan fingerprint density at radius 1 is 0.375 bits per heavy atom. The molecule has 4 atom stereocenters. The number of nitrogens with zero attached hydrogens (tertiary/aromatic N) is 2. The topological polar surface area (TPSA) is 198 Å². The van der Waals surface area contributed by atoms with Crippen molar-refractivity contribution in [2.75, 3.05) is 80.8 Å². The molecule has 0 radical (unpaired) electrons. The number of ether oxygens (including phenoxy) is 6. The number of rotatable bonds is 56. The zero-order valence-corrected chi connectivity index (χ0v) is 57.7. The highest BCUT2D eigenvalue weighted by Gasteiger charge is 2.29. The van der Waals surface area contributed by atoms with Gasteiger partial charge in [-0.3, -0.25) is 19.2 Å². The second kappa shape index (κ2) is 66.6. The smallest absolute Gasteiger partial charge is 0.362 e. The van der Waals surface area contributed by atoms with Gasteiger partial charge in [-0.05, 0) is 83.5 Å². The first-order valence-corrected chi connectivity index (χ1v) is 33.5. The van der Waals surface area contributed by atoms with Crippen LogP contribution in [0.15, 0.2) is 24.3 Å². The van der Waals surface area contributed by atoms with Crippen molar-refractivity contribution in [3.05, 3.63) is 24.3 Å². The number of aliphatic hydroxyl groups is 2. The molecule has 0 aromatic carbocycles. The van der Waals surface area contributed by atoms with Gasteiger partial charge in [-0.15, -0.1) is 0 Å². The summed E-state index contributed by atoms with van der Waals surface area (Å²) < 4.78 is 32.8. The van der Waals surface area contributed by atoms with E-state index in [0.717, 1.165) is 116 Å². The van der Waals surface area contributed by atoms with Crippen molar-refractivity contribution in [2.45, 2.75) is 312 Å². The minimum atomic E-state index is -0.764. The third-order valence-corrected chi connectivity index (χ3v) is 14.8. The van der Waals surface area contributed by atoms with Crippen molar-refractivity contribution < 1.29 is 101 Å². The second-order valence-electron chi connectivity index (χ2n) is 24.4. The van der Waals surface area contributed by atoms with Gasteiger partial charge in [0.25, 0.3) is 0 Å². The van der Waals surface area contributed by atoms with Gasteiger partial charge >= 0.3 is 35.8 Å². The summed E-state index contributed by atoms with van der Waals surface area (Å²) in [6.45, 7) is 14.3. The lowest BCUT2D eigenvalue weighted by atomic mass is 10.0. The van der Waals surface area contributed by atoms with Crippen molar-refractivity contribution in [1.82, 2.24) is 0 Å². The van der Waals surface area contributed by atoms with Crippen molar-refractivity contribution in [3.63, 3.8) is 0 Å². The quantitative estimate of drug-likeness (QED) is 0.0192. The third-order valence-electron chi connectivity index (χ3n) is 14.8. The lowest BCUT2D eigenvalue weighted by molar-refractivity contribution is -0.883. The molecule has 0 heterocycles. The minimum absolute atomic E-state index is 0. The minimum Gasteiger partial charge on any atom is -1.00 e. The highest BCUT2D eigenvalue weighted by atomic mass is 35.5. The number of hydrogen-bond donors (Lipinski definition) is 2. The Bertz CT molecular complexity index is 1700. The summed E-state index contributed by atoms with van der Waals surface area (Å²) >= 11 is 0. The van der Waals surface area contributed by atoms with Crippen LogP contribution in [0.3, 0.4) is 0 Å². The second-order valence-corrected chi connectivity index (χ2v) is 24.4. The summed E-state index contributed by atoms with van der Waals surface area (Å²) in [7, 11) is 7.70. The molecule has 0 spiro atoms. The number of likely N-dealkylation sites (N-methyl/N-ethyl adjacent to an activating group) is 2. The first-order valence-electron chi connectivity index (χ1n) is 33.5. The number of hydrogen-bond acceptors (Lipinski definition) is 14. The standard InChI is InChI=1S/C36H66NO9.C32H62NO5.2CH4.2ClH/c1-6-8-10-15-20-24-34(40)44-27-26-37(4,5)30-36(42)46-33(23-18-9-7-2)32(39)22-19-16-13-11-12-14-17-21-25-35(41)45-29-28-43-31(3)38;1-6-9-12-14-15-16-17-19-21-23-29(34)30(24-20-11-8-3)38-32(36)28-33(4,5)26-27-37-31(35)25-22-18-13-10-7-2;;;;/h16,19,32-33,39H,6-15,17-18,20-30H2,1-5H3;19,21,29-30,34H,6-18,20,22-28H2,1-5H3;2*1H4;2*1H/q2*+1;;;;/p-2/b19-16-;21-19-;;;;. The monoisotopic (exact) mass is 1300 g/mol. The Balaban J connectivity index is -0.000000371. The van der Waals surface area contributed by atoms with Gasteiger partial charge in [0.15, 0.2) is 13.1 Å². The summed E-state index contributed by atoms with van der Waals surface area (Å²) in [4.78, 5) is 72.0. The summed E-state index contributed by atoms with van der Waals surface area (Å²) in [6.07, 6.45) is 40.6. The number of carbonyl (C=O) groups excluding carboxylic acids is 6. The Morgan fingerprint density at radius 3 is 0.989 bits per heavy atom. The largest absolute Gasteiger partial charge is 1.00 e. The third kappa shape index (κ3) is 65.7. The Labute approximate surface area is 551 Å². The molecule has 0 aliphatic rings. The summed E-state index contributed by atoms with van der Waals surface area (Å²) in [5, 5.41) is 21.6. The lowest BCUT2D eigenvalue weighted by Gasteiger charge is -2.30. The normalized spacial score (nSPS) is 12.6. The van der Waals surface area contributed by atoms with Gasteiger partial charge < -0.3 is 72.4 Å². The highest BCUT2D eigenvalue weighted by molar-refractivity contribution is 5.72. The molecule has 0 saturated carbocycles. The van der Waals surface area contributed by atoms with E-state index in [1.54, 1.807) is 0 Å². The highest BCUT2D eigenvalue weighted by Crippen LogP contribution is 2.19. The molecule has 0 aliphatic carbocycles. The molecule has 0 amide bonds. The van der Waals surface area contributed by atoms with E-state index in [1.165, 1.54) is 77.6 Å². The van der Waals surface area contributed by atoms with Crippen LogP contribution in [0.1, 0.15) is 288 Å². The summed E-state index contributed by atoms with van der Waals surface area (Å²) in [5.74, 6) is -1.66. The van der Waals surface area contributed by atoms with Gasteiger partial charge in [-0.2, -0.15) is 0 Å². The molecule has 0 aromatic rings. The SMILES string of the molecule is C.C.CCCCCCCC(=O)OCC[N+](C)(C)CC(=O)OC(CCCCC)C(O)C/C=C\CCCCCCCC(=O)OCCOC(C)=O.CCCCCCCC/C=C\CC(O)C(CCCCC)OC(=O)C[N+](C)(C)CCOC(=O)CCCCCCC.[Cl-].[Cl-]. The van der Waals surface area contributed by atoms with Crippen LogP contribution < -0.4 is 24.8 Å². The van der Waals surface area contributed by atoms with Gasteiger partial charge in [0.1, 0.15) is 51.7 Å². The number of halogens is 2. The molecule has 0 bridgehead atoms. The first kappa shape index (κ1) is 95.8. The van der Waals surface area contributed by atoms with Crippen LogP contribution in [-0.4, -0.2) is 160 Å². The van der Waals surface area contributed by atoms with Crippen LogP contribution in [0, 0.1) is 0 Å². The molecular weight excluding hydrogens is 1160 g/mol. The molecule has 2 N–H and O–H groups in total. The van der Waals surface area contributed by atoms with E-state index in [4.69, 9.17) is 28.4 Å². The molecule has 16 nitrogen and oxygen atoms in total. The zero-order chi connectivity index (χ0) is 63.0. The molecular formula is C70H136Cl2N2O14. The predicted molar refractivity (Wildman–Crippen MR) is 351 cm³/mol.